The van der Waals surface area contributed by atoms with Gasteiger partial charge in [-0.1, -0.05) is 60.7 Å². The van der Waals surface area contributed by atoms with E-state index in [2.05, 4.69) is 4.99 Å². The monoisotopic (exact) mass is 307 g/mol. The summed E-state index contributed by atoms with van der Waals surface area (Å²) in [6.45, 7) is 1.79. The van der Waals surface area contributed by atoms with Crippen molar-refractivity contribution in [1.29, 1.82) is 0 Å². The van der Waals surface area contributed by atoms with Crippen LogP contribution in [0.15, 0.2) is 65.7 Å². The van der Waals surface area contributed by atoms with Crippen molar-refractivity contribution in [3.63, 3.8) is 0 Å². The number of nitrogens with zero attached hydrogens (tertiary/aromatic N) is 3. The highest BCUT2D eigenvalue weighted by molar-refractivity contribution is 5.98. The number of carbonyl (C=O) groups is 1. The molecular weight excluding hydrogens is 286 g/mol. The third-order valence-electron chi connectivity index (χ3n) is 4.18. The van der Waals surface area contributed by atoms with Gasteiger partial charge in [-0.05, 0) is 11.1 Å². The van der Waals surface area contributed by atoms with Gasteiger partial charge in [0, 0.05) is 27.2 Å². The molecule has 0 radical (unpaired) electrons. The first-order chi connectivity index (χ1) is 11.2. The summed E-state index contributed by atoms with van der Waals surface area (Å²) < 4.78 is 0. The molecule has 3 rings (SSSR count). The van der Waals surface area contributed by atoms with E-state index >= 15 is 0 Å². The Hall–Kier alpha value is -2.62. The molecule has 0 bridgehead atoms. The van der Waals surface area contributed by atoms with Gasteiger partial charge in [0.05, 0.1) is 5.92 Å². The number of guanidine groups is 1. The third-order valence-corrected chi connectivity index (χ3v) is 4.18. The topological polar surface area (TPSA) is 35.9 Å². The van der Waals surface area contributed by atoms with Gasteiger partial charge in [0.2, 0.25) is 5.96 Å². The van der Waals surface area contributed by atoms with Crippen molar-refractivity contribution in [2.24, 2.45) is 4.99 Å². The molecule has 1 amide bonds. The second kappa shape index (κ2) is 6.65. The molecule has 0 saturated carbocycles. The van der Waals surface area contributed by atoms with Crippen molar-refractivity contribution in [1.82, 2.24) is 9.80 Å². The molecule has 0 atom stereocenters. The minimum Gasteiger partial charge on any atom is -0.344 e. The first-order valence-corrected chi connectivity index (χ1v) is 7.81. The van der Waals surface area contributed by atoms with E-state index in [1.165, 1.54) is 0 Å². The maximum atomic E-state index is 13.0. The van der Waals surface area contributed by atoms with Crippen LogP contribution in [0, 0.1) is 0 Å². The number of benzene rings is 2. The van der Waals surface area contributed by atoms with Crippen LogP contribution in [0.2, 0.25) is 0 Å². The Morgan fingerprint density at radius 3 is 1.74 bits per heavy atom. The lowest BCUT2D eigenvalue weighted by Crippen LogP contribution is -2.30. The number of hydrogen-bond acceptors (Lipinski definition) is 1. The average molecular weight is 307 g/mol. The summed E-state index contributed by atoms with van der Waals surface area (Å²) in [5.74, 6) is 0.247. The van der Waals surface area contributed by atoms with Crippen LogP contribution < -0.4 is 0 Å². The molecule has 0 aromatic heterocycles. The predicted molar refractivity (Wildman–Crippen MR) is 92.4 cm³/mol. The molecule has 0 N–H and O–H groups in total. The number of rotatable bonds is 3. The molecule has 0 spiro atoms. The first-order valence-electron chi connectivity index (χ1n) is 7.81. The summed E-state index contributed by atoms with van der Waals surface area (Å²) in [6, 6.07) is 19.7. The van der Waals surface area contributed by atoms with Gasteiger partial charge >= 0.3 is 0 Å². The number of aliphatic imine (C=N–C) groups is 1. The summed E-state index contributed by atoms with van der Waals surface area (Å²) in [7, 11) is 3.94. The van der Waals surface area contributed by atoms with Gasteiger partial charge < -0.3 is 9.80 Å². The second-order valence-electron chi connectivity index (χ2n) is 5.85. The van der Waals surface area contributed by atoms with Crippen LogP contribution in [-0.4, -0.2) is 48.9 Å². The molecule has 118 valence electrons. The lowest BCUT2D eigenvalue weighted by atomic mass is 9.91. The summed E-state index contributed by atoms with van der Waals surface area (Å²) in [5, 5.41) is 0. The van der Waals surface area contributed by atoms with Crippen molar-refractivity contribution in [2.75, 3.05) is 27.2 Å². The Balaban J connectivity index is 1.99. The van der Waals surface area contributed by atoms with Gasteiger partial charge in [0.15, 0.2) is 0 Å². The molecule has 2 aromatic rings. The highest BCUT2D eigenvalue weighted by Crippen LogP contribution is 2.26. The van der Waals surface area contributed by atoms with Gasteiger partial charge in [-0.25, -0.2) is 0 Å². The van der Waals surface area contributed by atoms with E-state index in [0.29, 0.717) is 0 Å². The minimum atomic E-state index is -0.368. The number of amides is 1. The Morgan fingerprint density at radius 2 is 1.30 bits per heavy atom. The first kappa shape index (κ1) is 15.3. The zero-order valence-electron chi connectivity index (χ0n) is 13.5. The Labute approximate surface area is 137 Å². The number of likely N-dealkylation sites (N-methyl/N-ethyl adjacent to an activating group) is 2. The van der Waals surface area contributed by atoms with Crippen molar-refractivity contribution in [2.45, 2.75) is 5.92 Å². The normalized spacial score (nSPS) is 14.5. The van der Waals surface area contributed by atoms with E-state index < -0.39 is 0 Å². The fourth-order valence-electron chi connectivity index (χ4n) is 2.89. The maximum absolute atomic E-state index is 13.0. The molecular formula is C19H21N3O. The third kappa shape index (κ3) is 3.26. The molecule has 1 saturated heterocycles. The maximum Gasteiger partial charge on any atom is 0.260 e. The number of hydrogen-bond donors (Lipinski definition) is 0. The van der Waals surface area contributed by atoms with Crippen LogP contribution in [-0.2, 0) is 4.79 Å². The summed E-state index contributed by atoms with van der Waals surface area (Å²) in [6.07, 6.45) is 0. The molecule has 0 aliphatic carbocycles. The lowest BCUT2D eigenvalue weighted by Gasteiger charge is -2.18. The Kier molecular flexibility index (Phi) is 4.42. The average Bonchev–Trinajstić information content (AvgIpc) is 2.89. The fraction of sp³-hybridized carbons (Fsp3) is 0.263. The molecule has 1 aliphatic rings. The fourth-order valence-corrected chi connectivity index (χ4v) is 2.89. The van der Waals surface area contributed by atoms with Crippen molar-refractivity contribution in [3.8, 4) is 0 Å². The molecule has 2 aromatic carbocycles. The van der Waals surface area contributed by atoms with E-state index in [1.807, 2.05) is 84.6 Å². The SMILES string of the molecule is CN1CCN(C)C1=NC(=O)C(c1ccccc1)c1ccccc1. The summed E-state index contributed by atoms with van der Waals surface area (Å²) in [4.78, 5) is 21.4. The van der Waals surface area contributed by atoms with Crippen molar-refractivity contribution >= 4 is 11.9 Å². The Bertz CT molecular complexity index is 646. The highest BCUT2D eigenvalue weighted by Gasteiger charge is 2.26. The molecule has 1 fully saturated rings. The largest absolute Gasteiger partial charge is 0.344 e. The molecule has 4 heteroatoms. The van der Waals surface area contributed by atoms with Gasteiger partial charge in [-0.3, -0.25) is 4.79 Å². The van der Waals surface area contributed by atoms with E-state index in [9.17, 15) is 4.79 Å². The Morgan fingerprint density at radius 1 is 0.870 bits per heavy atom. The van der Waals surface area contributed by atoms with E-state index in [-0.39, 0.29) is 11.8 Å². The lowest BCUT2D eigenvalue weighted by molar-refractivity contribution is -0.118. The van der Waals surface area contributed by atoms with Crippen LogP contribution in [0.3, 0.4) is 0 Å². The highest BCUT2D eigenvalue weighted by atomic mass is 16.1. The van der Waals surface area contributed by atoms with E-state index in [4.69, 9.17) is 0 Å². The van der Waals surface area contributed by atoms with E-state index in [1.54, 1.807) is 0 Å². The van der Waals surface area contributed by atoms with Crippen LogP contribution in [0.4, 0.5) is 0 Å². The molecule has 4 nitrogen and oxygen atoms in total. The predicted octanol–water partition coefficient (Wildman–Crippen LogP) is 2.58. The van der Waals surface area contributed by atoms with Gasteiger partial charge in [0.25, 0.3) is 5.91 Å². The molecule has 23 heavy (non-hydrogen) atoms. The van der Waals surface area contributed by atoms with Gasteiger partial charge in [0.1, 0.15) is 0 Å². The van der Waals surface area contributed by atoms with E-state index in [0.717, 1.165) is 30.2 Å². The summed E-state index contributed by atoms with van der Waals surface area (Å²) in [5.41, 5.74) is 1.94. The molecule has 0 unspecified atom stereocenters. The zero-order valence-corrected chi connectivity index (χ0v) is 13.5. The van der Waals surface area contributed by atoms with Crippen molar-refractivity contribution in [3.05, 3.63) is 71.8 Å². The number of carbonyl (C=O) groups excluding carboxylic acids is 1. The van der Waals surface area contributed by atoms with Crippen LogP contribution in [0.5, 0.6) is 0 Å². The minimum absolute atomic E-state index is 0.127. The smallest absolute Gasteiger partial charge is 0.260 e. The zero-order chi connectivity index (χ0) is 16.2. The second-order valence-corrected chi connectivity index (χ2v) is 5.85. The van der Waals surface area contributed by atoms with Crippen LogP contribution >= 0.6 is 0 Å². The quantitative estimate of drug-likeness (QED) is 0.874. The van der Waals surface area contributed by atoms with Gasteiger partial charge in [-0.2, -0.15) is 4.99 Å². The molecule has 1 aliphatic heterocycles. The standard InChI is InChI=1S/C19H21N3O/c1-21-13-14-22(2)19(21)20-18(23)17(15-9-5-3-6-10-15)16-11-7-4-8-12-16/h3-12,17H,13-14H2,1-2H3. The van der Waals surface area contributed by atoms with Crippen molar-refractivity contribution < 1.29 is 4.79 Å². The molecule has 1 heterocycles. The van der Waals surface area contributed by atoms with Gasteiger partial charge in [-0.15, -0.1) is 0 Å². The van der Waals surface area contributed by atoms with Crippen LogP contribution in [0.25, 0.3) is 0 Å². The summed E-state index contributed by atoms with van der Waals surface area (Å²) >= 11 is 0. The van der Waals surface area contributed by atoms with Crippen LogP contribution in [0.1, 0.15) is 17.0 Å².